The third kappa shape index (κ3) is 6.18. The predicted octanol–water partition coefficient (Wildman–Crippen LogP) is 3.29. The van der Waals surface area contributed by atoms with Crippen molar-refractivity contribution in [2.45, 2.75) is 25.7 Å². The summed E-state index contributed by atoms with van der Waals surface area (Å²) < 4.78 is 25.3. The summed E-state index contributed by atoms with van der Waals surface area (Å²) in [5, 5.41) is 1.82. The molecular weight excluding hydrogens is 457 g/mol. The van der Waals surface area contributed by atoms with Crippen LogP contribution in [0.15, 0.2) is 59.4 Å². The minimum Gasteiger partial charge on any atom is -0.497 e. The van der Waals surface area contributed by atoms with Crippen LogP contribution in [0.1, 0.15) is 16.8 Å². The fraction of sp³-hybridized carbons (Fsp3) is 0.320. The lowest BCUT2D eigenvalue weighted by Gasteiger charge is -2.25. The van der Waals surface area contributed by atoms with Crippen LogP contribution in [-0.4, -0.2) is 59.4 Å². The van der Waals surface area contributed by atoms with Gasteiger partial charge in [0.05, 0.1) is 44.0 Å². The second-order valence-electron chi connectivity index (χ2n) is 8.08. The number of methoxy groups -OCH3 is 1. The second kappa shape index (κ2) is 11.2. The fourth-order valence-corrected chi connectivity index (χ4v) is 4.35. The lowest BCUT2D eigenvalue weighted by Crippen LogP contribution is -2.40. The molecule has 1 aliphatic rings. The minimum atomic E-state index is -0.469. The highest BCUT2D eigenvalue weighted by molar-refractivity contribution is 7.07. The van der Waals surface area contributed by atoms with Gasteiger partial charge in [0, 0.05) is 30.6 Å². The number of rotatable bonds is 8. The quantitative estimate of drug-likeness (QED) is 0.492. The average Bonchev–Trinajstić information content (AvgIpc) is 3.30. The number of aromatic nitrogens is 1. The fourth-order valence-electron chi connectivity index (χ4n) is 3.79. The van der Waals surface area contributed by atoms with Crippen LogP contribution in [-0.2, 0) is 33.9 Å². The van der Waals surface area contributed by atoms with Gasteiger partial charge in [0.25, 0.3) is 0 Å². The van der Waals surface area contributed by atoms with Crippen molar-refractivity contribution in [2.24, 2.45) is 0 Å². The van der Waals surface area contributed by atoms with Gasteiger partial charge in [0.15, 0.2) is 0 Å². The van der Waals surface area contributed by atoms with E-state index in [2.05, 4.69) is 4.98 Å². The molecule has 0 spiro atoms. The first-order valence-electron chi connectivity index (χ1n) is 10.9. The summed E-state index contributed by atoms with van der Waals surface area (Å²) in [5.41, 5.74) is 3.71. The lowest BCUT2D eigenvalue weighted by molar-refractivity contribution is -0.138. The number of ether oxygens (including phenoxy) is 2. The highest BCUT2D eigenvalue weighted by Gasteiger charge is 2.31. The Bertz CT molecular complexity index is 1110. The van der Waals surface area contributed by atoms with Crippen LogP contribution < -0.4 is 4.74 Å². The summed E-state index contributed by atoms with van der Waals surface area (Å²) in [6.45, 7) is 0.910. The van der Waals surface area contributed by atoms with Crippen LogP contribution in [0.4, 0.5) is 4.39 Å². The zero-order valence-corrected chi connectivity index (χ0v) is 19.7. The van der Waals surface area contributed by atoms with E-state index in [-0.39, 0.29) is 43.7 Å². The number of amides is 2. The van der Waals surface area contributed by atoms with Crippen molar-refractivity contribution in [3.05, 3.63) is 82.1 Å². The number of thiazole rings is 1. The Kier molecular flexibility index (Phi) is 7.87. The first-order valence-corrected chi connectivity index (χ1v) is 11.9. The van der Waals surface area contributed by atoms with Crippen LogP contribution in [0.5, 0.6) is 5.75 Å². The molecule has 34 heavy (non-hydrogen) atoms. The second-order valence-corrected chi connectivity index (χ2v) is 8.80. The smallest absolute Gasteiger partial charge is 0.242 e. The molecular formula is C25H26FN3O4S. The van der Waals surface area contributed by atoms with Gasteiger partial charge in [0.1, 0.15) is 11.6 Å². The van der Waals surface area contributed by atoms with E-state index in [9.17, 15) is 14.0 Å². The molecule has 178 valence electrons. The number of hydrogen-bond donors (Lipinski definition) is 0. The standard InChI is InChI=1S/C25H26FN3O4S/c1-32-21-8-6-18(7-9-21)11-28-12-22(33-15-19-4-2-3-5-23(19)26)13-29(14-25(28)31)24(30)10-20-16-34-17-27-20/h2-9,16-17,22H,10-15H2,1H3. The Balaban J connectivity index is 1.50. The van der Waals surface area contributed by atoms with E-state index in [1.54, 1.807) is 35.7 Å². The Morgan fingerprint density at radius 1 is 1.18 bits per heavy atom. The molecule has 0 radical (unpaired) electrons. The van der Waals surface area contributed by atoms with Crippen molar-refractivity contribution in [3.63, 3.8) is 0 Å². The molecule has 1 aromatic heterocycles. The summed E-state index contributed by atoms with van der Waals surface area (Å²) >= 11 is 1.42. The predicted molar refractivity (Wildman–Crippen MR) is 126 cm³/mol. The van der Waals surface area contributed by atoms with Crippen LogP contribution in [0.25, 0.3) is 0 Å². The number of halogens is 1. The Morgan fingerprint density at radius 3 is 2.68 bits per heavy atom. The minimum absolute atomic E-state index is 0.0430. The molecule has 2 amide bonds. The monoisotopic (exact) mass is 483 g/mol. The van der Waals surface area contributed by atoms with Crippen LogP contribution in [0.2, 0.25) is 0 Å². The van der Waals surface area contributed by atoms with Crippen molar-refractivity contribution in [2.75, 3.05) is 26.7 Å². The van der Waals surface area contributed by atoms with Gasteiger partial charge in [-0.3, -0.25) is 9.59 Å². The molecule has 1 unspecified atom stereocenters. The first-order chi connectivity index (χ1) is 16.5. The van der Waals surface area contributed by atoms with Crippen molar-refractivity contribution in [1.29, 1.82) is 0 Å². The van der Waals surface area contributed by atoms with Gasteiger partial charge < -0.3 is 19.3 Å². The summed E-state index contributed by atoms with van der Waals surface area (Å²) in [6.07, 6.45) is -0.348. The maximum Gasteiger partial charge on any atom is 0.242 e. The van der Waals surface area contributed by atoms with E-state index in [0.29, 0.717) is 24.3 Å². The van der Waals surface area contributed by atoms with Crippen molar-refractivity contribution >= 4 is 23.2 Å². The molecule has 9 heteroatoms. The molecule has 2 heterocycles. The molecule has 0 saturated carbocycles. The van der Waals surface area contributed by atoms with Crippen LogP contribution >= 0.6 is 11.3 Å². The Hall–Kier alpha value is -3.30. The van der Waals surface area contributed by atoms with Crippen molar-refractivity contribution < 1.29 is 23.5 Å². The molecule has 0 bridgehead atoms. The van der Waals surface area contributed by atoms with Gasteiger partial charge in [0.2, 0.25) is 11.8 Å². The molecule has 1 aliphatic heterocycles. The largest absolute Gasteiger partial charge is 0.497 e. The molecule has 2 aromatic carbocycles. The first kappa shape index (κ1) is 23.8. The van der Waals surface area contributed by atoms with E-state index in [0.717, 1.165) is 11.3 Å². The SMILES string of the molecule is COc1ccc(CN2CC(OCc3ccccc3F)CN(C(=O)Cc3cscn3)CC2=O)cc1. The topological polar surface area (TPSA) is 72.0 Å². The zero-order chi connectivity index (χ0) is 23.9. The van der Waals surface area contributed by atoms with Crippen LogP contribution in [0, 0.1) is 5.82 Å². The average molecular weight is 484 g/mol. The number of carbonyl (C=O) groups excluding carboxylic acids is 2. The number of hydrogen-bond acceptors (Lipinski definition) is 6. The van der Waals surface area contributed by atoms with E-state index < -0.39 is 6.10 Å². The van der Waals surface area contributed by atoms with Gasteiger partial charge >= 0.3 is 0 Å². The molecule has 0 aliphatic carbocycles. The molecule has 1 atom stereocenters. The highest BCUT2D eigenvalue weighted by atomic mass is 32.1. The van der Waals surface area contributed by atoms with Gasteiger partial charge in [-0.05, 0) is 23.8 Å². The Labute approximate surface area is 201 Å². The zero-order valence-electron chi connectivity index (χ0n) is 18.9. The lowest BCUT2D eigenvalue weighted by atomic mass is 10.2. The van der Waals surface area contributed by atoms with E-state index in [4.69, 9.17) is 9.47 Å². The normalized spacial score (nSPS) is 16.4. The maximum atomic E-state index is 14.1. The molecule has 1 fully saturated rings. The van der Waals surface area contributed by atoms with Gasteiger partial charge in [-0.1, -0.05) is 30.3 Å². The van der Waals surface area contributed by atoms with Crippen molar-refractivity contribution in [1.82, 2.24) is 14.8 Å². The number of carbonyl (C=O) groups is 2. The third-order valence-corrected chi connectivity index (χ3v) is 6.30. The van der Waals surface area contributed by atoms with Gasteiger partial charge in [-0.25, -0.2) is 9.37 Å². The molecule has 3 aromatic rings. The maximum absolute atomic E-state index is 14.1. The van der Waals surface area contributed by atoms with E-state index in [1.807, 2.05) is 29.6 Å². The van der Waals surface area contributed by atoms with Crippen LogP contribution in [0.3, 0.4) is 0 Å². The highest BCUT2D eigenvalue weighted by Crippen LogP contribution is 2.18. The summed E-state index contributed by atoms with van der Waals surface area (Å²) in [4.78, 5) is 33.5. The van der Waals surface area contributed by atoms with Gasteiger partial charge in [-0.15, -0.1) is 11.3 Å². The molecule has 0 N–H and O–H groups in total. The number of nitrogens with zero attached hydrogens (tertiary/aromatic N) is 3. The van der Waals surface area contributed by atoms with Crippen molar-refractivity contribution in [3.8, 4) is 5.75 Å². The number of benzene rings is 2. The third-order valence-electron chi connectivity index (χ3n) is 5.66. The summed E-state index contributed by atoms with van der Waals surface area (Å²) in [5.74, 6) is 0.0269. The Morgan fingerprint density at radius 2 is 1.97 bits per heavy atom. The molecule has 4 rings (SSSR count). The summed E-state index contributed by atoms with van der Waals surface area (Å²) in [7, 11) is 1.60. The molecule has 1 saturated heterocycles. The van der Waals surface area contributed by atoms with E-state index in [1.165, 1.54) is 22.3 Å². The molecule has 7 nitrogen and oxygen atoms in total. The van der Waals surface area contributed by atoms with Gasteiger partial charge in [-0.2, -0.15) is 0 Å². The van der Waals surface area contributed by atoms with E-state index >= 15 is 0 Å². The summed E-state index contributed by atoms with van der Waals surface area (Å²) in [6, 6.07) is 13.9.